The number of nitrogens with one attached hydrogen (secondary N) is 1. The minimum atomic E-state index is -1.98. The lowest BCUT2D eigenvalue weighted by molar-refractivity contribution is -0.379. The van der Waals surface area contributed by atoms with Crippen molar-refractivity contribution < 1.29 is 89.4 Å². The Kier molecular flexibility index (Phi) is 37.0. The maximum Gasteiger partial charge on any atom is 0.220 e. The van der Waals surface area contributed by atoms with Crippen LogP contribution < -0.4 is 5.32 Å². The van der Waals surface area contributed by atoms with Gasteiger partial charge in [-0.2, -0.15) is 0 Å². The normalized spacial score (nSPS) is 31.2. The number of unbranched alkanes of at least 4 members (excludes halogenated alkanes) is 17. The highest BCUT2D eigenvalue weighted by atomic mass is 16.8. The second kappa shape index (κ2) is 41.5. The minimum absolute atomic E-state index is 0.220. The average molecular weight is 1100 g/mol. The molecule has 0 radical (unpaired) electrons. The van der Waals surface area contributed by atoms with Crippen molar-refractivity contribution >= 4 is 5.91 Å². The first-order valence-corrected chi connectivity index (χ1v) is 29.0. The molecule has 3 aliphatic heterocycles. The predicted octanol–water partition coefficient (Wildman–Crippen LogP) is 4.48. The molecule has 0 aromatic heterocycles. The number of aliphatic hydroxyl groups excluding tert-OH is 11. The number of carbonyl (C=O) groups is 1. The van der Waals surface area contributed by atoms with E-state index in [4.69, 9.17) is 28.4 Å². The van der Waals surface area contributed by atoms with Gasteiger partial charge in [0.05, 0.1) is 38.6 Å². The molecule has 3 saturated heterocycles. The zero-order valence-electron chi connectivity index (χ0n) is 46.2. The highest BCUT2D eigenvalue weighted by molar-refractivity contribution is 5.76. The quantitative estimate of drug-likeness (QED) is 0.0297. The Labute approximate surface area is 458 Å². The summed E-state index contributed by atoms with van der Waals surface area (Å²) in [5.41, 5.74) is 0. The second-order valence-electron chi connectivity index (χ2n) is 20.7. The van der Waals surface area contributed by atoms with E-state index in [-0.39, 0.29) is 18.9 Å². The van der Waals surface area contributed by atoms with Crippen molar-refractivity contribution in [2.24, 2.45) is 0 Å². The number of rotatable bonds is 41. The first kappa shape index (κ1) is 68.8. The van der Waals surface area contributed by atoms with Crippen molar-refractivity contribution in [3.63, 3.8) is 0 Å². The molecule has 77 heavy (non-hydrogen) atoms. The van der Waals surface area contributed by atoms with Crippen molar-refractivity contribution in [1.29, 1.82) is 0 Å². The van der Waals surface area contributed by atoms with E-state index in [1.807, 2.05) is 6.08 Å². The summed E-state index contributed by atoms with van der Waals surface area (Å²) >= 11 is 0. The monoisotopic (exact) mass is 1100 g/mol. The third-order valence-corrected chi connectivity index (χ3v) is 14.3. The minimum Gasteiger partial charge on any atom is -0.394 e. The Morgan fingerprint density at radius 1 is 0.468 bits per heavy atom. The number of carbonyl (C=O) groups excluding carboxylic acids is 1. The van der Waals surface area contributed by atoms with E-state index in [0.29, 0.717) is 12.8 Å². The van der Waals surface area contributed by atoms with Crippen LogP contribution in [-0.4, -0.2) is 193 Å². The molecule has 446 valence electrons. The lowest BCUT2D eigenvalue weighted by Gasteiger charge is -2.48. The number of aliphatic hydroxyl groups is 11. The topological polar surface area (TPSA) is 307 Å². The smallest absolute Gasteiger partial charge is 0.220 e. The summed E-state index contributed by atoms with van der Waals surface area (Å²) in [6.45, 7) is 1.62. The van der Waals surface area contributed by atoms with Gasteiger partial charge in [-0.15, -0.1) is 0 Å². The Bertz CT molecular complexity index is 1650. The molecule has 0 aromatic carbocycles. The molecule has 19 heteroatoms. The molecule has 0 spiro atoms. The first-order valence-electron chi connectivity index (χ1n) is 29.0. The van der Waals surface area contributed by atoms with Gasteiger partial charge in [0.15, 0.2) is 18.9 Å². The van der Waals surface area contributed by atoms with Crippen LogP contribution in [0.5, 0.6) is 0 Å². The maximum absolute atomic E-state index is 13.3. The van der Waals surface area contributed by atoms with Crippen LogP contribution in [0.3, 0.4) is 0 Å². The molecular formula is C58H101NO18. The molecule has 0 saturated carbocycles. The molecule has 0 aliphatic carbocycles. The van der Waals surface area contributed by atoms with Gasteiger partial charge in [0.1, 0.15) is 73.2 Å². The summed E-state index contributed by atoms with van der Waals surface area (Å²) in [6, 6.07) is -1.00. The number of hydrogen-bond donors (Lipinski definition) is 12. The standard InChI is InChI=1S/C58H101NO18/c1-3-5-7-9-11-13-15-17-19-20-22-24-26-28-30-32-34-36-46(64)59-41(42(63)35-33-31-29-27-25-23-21-18-16-14-12-10-8-6-4-2)40-72-56-52(70)49(67)54(44(38-61)74-56)77-58-53(71)50(68)55(45(39-62)75-58)76-57-51(69)48(66)47(65)43(37-60)73-57/h11,13,16-19,25,27,33,35,41-45,47-58,60-63,65-71H,3-10,12,14-15,20-24,26,28-32,34,36-40H2,1-2H3,(H,59,64)/b13-11-,18-16+,19-17-,27-25+,35-33+. The van der Waals surface area contributed by atoms with Gasteiger partial charge in [0, 0.05) is 6.42 Å². The van der Waals surface area contributed by atoms with Crippen LogP contribution in [0.2, 0.25) is 0 Å². The lowest BCUT2D eigenvalue weighted by Crippen LogP contribution is -2.66. The van der Waals surface area contributed by atoms with Crippen LogP contribution in [0.4, 0.5) is 0 Å². The molecule has 19 nitrogen and oxygen atoms in total. The zero-order valence-corrected chi connectivity index (χ0v) is 46.2. The molecule has 12 N–H and O–H groups in total. The van der Waals surface area contributed by atoms with Crippen molar-refractivity contribution in [2.75, 3.05) is 26.4 Å². The average Bonchev–Trinajstić information content (AvgIpc) is 3.44. The fraction of sp³-hybridized carbons (Fsp3) is 0.810. The molecule has 17 atom stereocenters. The van der Waals surface area contributed by atoms with E-state index in [2.05, 4.69) is 67.8 Å². The second-order valence-corrected chi connectivity index (χ2v) is 20.7. The van der Waals surface area contributed by atoms with Gasteiger partial charge in [-0.25, -0.2) is 0 Å². The molecule has 17 unspecified atom stereocenters. The van der Waals surface area contributed by atoms with E-state index in [0.717, 1.165) is 83.5 Å². The molecule has 0 bridgehead atoms. The van der Waals surface area contributed by atoms with Gasteiger partial charge in [0.25, 0.3) is 0 Å². The van der Waals surface area contributed by atoms with Crippen LogP contribution in [0.15, 0.2) is 60.8 Å². The summed E-state index contributed by atoms with van der Waals surface area (Å²) in [7, 11) is 0. The highest BCUT2D eigenvalue weighted by Crippen LogP contribution is 2.33. The van der Waals surface area contributed by atoms with Gasteiger partial charge in [-0.05, 0) is 77.0 Å². The molecule has 1 amide bonds. The van der Waals surface area contributed by atoms with E-state index in [9.17, 15) is 61.0 Å². The fourth-order valence-electron chi connectivity index (χ4n) is 9.43. The largest absolute Gasteiger partial charge is 0.394 e. The Morgan fingerprint density at radius 2 is 0.870 bits per heavy atom. The molecule has 3 fully saturated rings. The van der Waals surface area contributed by atoms with Crippen molar-refractivity contribution in [3.8, 4) is 0 Å². The zero-order chi connectivity index (χ0) is 56.2. The van der Waals surface area contributed by atoms with Gasteiger partial charge >= 0.3 is 0 Å². The van der Waals surface area contributed by atoms with Crippen LogP contribution >= 0.6 is 0 Å². The summed E-state index contributed by atoms with van der Waals surface area (Å²) < 4.78 is 34.2. The summed E-state index contributed by atoms with van der Waals surface area (Å²) in [5, 5.41) is 120. The fourth-order valence-corrected chi connectivity index (χ4v) is 9.43. The van der Waals surface area contributed by atoms with E-state index >= 15 is 0 Å². The number of allylic oxidation sites excluding steroid dienone is 9. The molecule has 3 heterocycles. The van der Waals surface area contributed by atoms with Crippen molar-refractivity contribution in [2.45, 2.75) is 272 Å². The van der Waals surface area contributed by atoms with E-state index in [1.54, 1.807) is 6.08 Å². The van der Waals surface area contributed by atoms with Crippen LogP contribution in [0.1, 0.15) is 168 Å². The lowest BCUT2D eigenvalue weighted by atomic mass is 9.96. The summed E-state index contributed by atoms with van der Waals surface area (Å²) in [6.07, 6.45) is 19.1. The van der Waals surface area contributed by atoms with Gasteiger partial charge < -0.3 is 89.9 Å². The van der Waals surface area contributed by atoms with Crippen LogP contribution in [0, 0.1) is 0 Å². The van der Waals surface area contributed by atoms with Crippen LogP contribution in [-0.2, 0) is 33.2 Å². The predicted molar refractivity (Wildman–Crippen MR) is 291 cm³/mol. The third kappa shape index (κ3) is 25.9. The highest BCUT2D eigenvalue weighted by Gasteiger charge is 2.53. The summed E-state index contributed by atoms with van der Waals surface area (Å²) in [5.74, 6) is -0.302. The first-order chi connectivity index (χ1) is 37.3. The number of amides is 1. The molecule has 3 rings (SSSR count). The van der Waals surface area contributed by atoms with Gasteiger partial charge in [-0.1, -0.05) is 145 Å². The maximum atomic E-state index is 13.3. The number of ether oxygens (including phenoxy) is 6. The summed E-state index contributed by atoms with van der Waals surface area (Å²) in [4.78, 5) is 13.3. The van der Waals surface area contributed by atoms with E-state index in [1.165, 1.54) is 51.4 Å². The van der Waals surface area contributed by atoms with Crippen LogP contribution in [0.25, 0.3) is 0 Å². The Morgan fingerprint density at radius 3 is 1.40 bits per heavy atom. The molecule has 0 aromatic rings. The Hall–Kier alpha value is -2.51. The molecular weight excluding hydrogens is 999 g/mol. The van der Waals surface area contributed by atoms with Crippen molar-refractivity contribution in [1.82, 2.24) is 5.32 Å². The SMILES string of the molecule is CCCCC/C=C\C/C=C\CCCCCCCCCC(=O)NC(COC1OC(CO)C(OC2OC(CO)C(OC3OC(CO)C(O)C(O)C3O)C(O)C2O)C(O)C1O)C(O)/C=C/CC/C=C/CC/C=C/CCCCCCC. The third-order valence-electron chi connectivity index (χ3n) is 14.3. The van der Waals surface area contributed by atoms with Gasteiger partial charge in [-0.3, -0.25) is 4.79 Å². The Balaban J connectivity index is 1.54. The van der Waals surface area contributed by atoms with Crippen molar-refractivity contribution in [3.05, 3.63) is 60.8 Å². The van der Waals surface area contributed by atoms with Gasteiger partial charge in [0.2, 0.25) is 5.91 Å². The molecule has 3 aliphatic rings. The number of hydrogen-bond acceptors (Lipinski definition) is 18. The van der Waals surface area contributed by atoms with E-state index < -0.39 is 124 Å².